The van der Waals surface area contributed by atoms with E-state index in [0.717, 1.165) is 6.54 Å². The van der Waals surface area contributed by atoms with Crippen molar-refractivity contribution < 1.29 is 19.4 Å². The van der Waals surface area contributed by atoms with Gasteiger partial charge < -0.3 is 25.4 Å². The number of carbonyl (C=O) groups excluding carboxylic acids is 1. The van der Waals surface area contributed by atoms with Gasteiger partial charge in [0.05, 0.1) is 12.5 Å². The molecule has 0 aromatic rings. The molecule has 0 aromatic carbocycles. The maximum Gasteiger partial charge on any atom is 0.314 e. The lowest BCUT2D eigenvalue weighted by atomic mass is 9.93. The van der Waals surface area contributed by atoms with Crippen molar-refractivity contribution in [3.63, 3.8) is 0 Å². The highest BCUT2D eigenvalue weighted by Crippen LogP contribution is 2.13. The molecule has 0 bridgehead atoms. The van der Waals surface area contributed by atoms with E-state index in [1.807, 2.05) is 14.1 Å². The van der Waals surface area contributed by atoms with Crippen LogP contribution in [0.5, 0.6) is 0 Å². The molecular formula is C13H27N3O4. The summed E-state index contributed by atoms with van der Waals surface area (Å²) in [4.78, 5) is 24.3. The zero-order valence-electron chi connectivity index (χ0n) is 13.0. The van der Waals surface area contributed by atoms with Gasteiger partial charge in [-0.2, -0.15) is 0 Å². The Kier molecular flexibility index (Phi) is 8.17. The van der Waals surface area contributed by atoms with Crippen LogP contribution >= 0.6 is 0 Å². The Hall–Kier alpha value is -1.34. The molecule has 1 atom stereocenters. The second-order valence-electron chi connectivity index (χ2n) is 5.92. The summed E-state index contributed by atoms with van der Waals surface area (Å²) >= 11 is 0. The van der Waals surface area contributed by atoms with Crippen LogP contribution in [0.4, 0.5) is 4.79 Å². The summed E-state index contributed by atoms with van der Waals surface area (Å²) in [6, 6.07) is -0.315. The van der Waals surface area contributed by atoms with Gasteiger partial charge in [-0.3, -0.25) is 4.79 Å². The molecule has 3 N–H and O–H groups in total. The van der Waals surface area contributed by atoms with Crippen molar-refractivity contribution in [1.82, 2.24) is 15.5 Å². The highest BCUT2D eigenvalue weighted by Gasteiger charge is 2.20. The number of nitrogens with one attached hydrogen (secondary N) is 2. The first-order chi connectivity index (χ1) is 9.16. The van der Waals surface area contributed by atoms with E-state index in [9.17, 15) is 9.59 Å². The van der Waals surface area contributed by atoms with Crippen molar-refractivity contribution in [2.75, 3.05) is 40.8 Å². The van der Waals surface area contributed by atoms with Crippen LogP contribution in [0.3, 0.4) is 0 Å². The van der Waals surface area contributed by atoms with E-state index in [1.54, 1.807) is 0 Å². The fourth-order valence-electron chi connectivity index (χ4n) is 1.93. The lowest BCUT2D eigenvalue weighted by Crippen LogP contribution is -2.46. The molecular weight excluding hydrogens is 262 g/mol. The lowest BCUT2D eigenvalue weighted by molar-refractivity contribution is -0.139. The highest BCUT2D eigenvalue weighted by molar-refractivity contribution is 5.74. The van der Waals surface area contributed by atoms with Gasteiger partial charge >= 0.3 is 12.0 Å². The Labute approximate surface area is 120 Å². The number of aliphatic carboxylic acids is 1. The van der Waals surface area contributed by atoms with Gasteiger partial charge in [0.2, 0.25) is 0 Å². The number of carboxylic acid groups (broad SMARTS) is 1. The number of amides is 2. The minimum absolute atomic E-state index is 0.0391. The molecule has 0 saturated heterocycles. The molecule has 0 spiro atoms. The Morgan fingerprint density at radius 3 is 2.35 bits per heavy atom. The summed E-state index contributed by atoms with van der Waals surface area (Å²) < 4.78 is 4.98. The van der Waals surface area contributed by atoms with Gasteiger partial charge in [-0.15, -0.1) is 0 Å². The van der Waals surface area contributed by atoms with Crippen LogP contribution in [0.15, 0.2) is 0 Å². The summed E-state index contributed by atoms with van der Waals surface area (Å²) in [5.41, 5.74) is -0.0391. The number of rotatable bonds is 9. The molecule has 0 aromatic heterocycles. The summed E-state index contributed by atoms with van der Waals surface area (Å²) in [6.07, 6.45) is -0.656. The molecule has 0 aliphatic rings. The first-order valence-corrected chi connectivity index (χ1v) is 6.57. The molecule has 7 nitrogen and oxygen atoms in total. The van der Waals surface area contributed by atoms with Gasteiger partial charge in [-0.1, -0.05) is 13.8 Å². The number of hydrogen-bond acceptors (Lipinski definition) is 4. The molecule has 20 heavy (non-hydrogen) atoms. The van der Waals surface area contributed by atoms with Crippen LogP contribution in [0.2, 0.25) is 0 Å². The van der Waals surface area contributed by atoms with Crippen molar-refractivity contribution in [2.45, 2.75) is 26.4 Å². The maximum absolute atomic E-state index is 11.6. The molecule has 0 rings (SSSR count). The third kappa shape index (κ3) is 9.57. The van der Waals surface area contributed by atoms with Gasteiger partial charge in [-0.25, -0.2) is 4.79 Å². The zero-order valence-corrected chi connectivity index (χ0v) is 13.0. The van der Waals surface area contributed by atoms with Crippen LogP contribution in [0, 0.1) is 5.41 Å². The van der Waals surface area contributed by atoms with E-state index >= 15 is 0 Å². The monoisotopic (exact) mass is 289 g/mol. The number of methoxy groups -OCH3 is 1. The molecule has 7 heteroatoms. The Morgan fingerprint density at radius 2 is 1.90 bits per heavy atom. The van der Waals surface area contributed by atoms with Crippen LogP contribution in [0.25, 0.3) is 0 Å². The molecule has 1 unspecified atom stereocenters. The summed E-state index contributed by atoms with van der Waals surface area (Å²) in [7, 11) is 5.39. The minimum Gasteiger partial charge on any atom is -0.481 e. The van der Waals surface area contributed by atoms with Crippen LogP contribution in [0.1, 0.15) is 20.3 Å². The van der Waals surface area contributed by atoms with Gasteiger partial charge in [0.1, 0.15) is 0 Å². The summed E-state index contributed by atoms with van der Waals surface area (Å²) in [5.74, 6) is -0.953. The average Bonchev–Trinajstić information content (AvgIpc) is 2.30. The van der Waals surface area contributed by atoms with Crippen molar-refractivity contribution in [2.24, 2.45) is 5.41 Å². The first kappa shape index (κ1) is 18.7. The minimum atomic E-state index is -0.953. The van der Waals surface area contributed by atoms with Gasteiger partial charge in [0, 0.05) is 26.7 Å². The third-order valence-electron chi connectivity index (χ3n) is 2.70. The number of hydrogen-bond donors (Lipinski definition) is 3. The smallest absolute Gasteiger partial charge is 0.314 e. The number of carboxylic acids is 1. The predicted octanol–water partition coefficient (Wildman–Crippen LogP) is 0.363. The van der Waals surface area contributed by atoms with Gasteiger partial charge in [-0.05, 0) is 19.5 Å². The second kappa shape index (κ2) is 8.76. The van der Waals surface area contributed by atoms with Crippen LogP contribution < -0.4 is 10.6 Å². The van der Waals surface area contributed by atoms with Crippen LogP contribution in [-0.2, 0) is 9.53 Å². The second-order valence-corrected chi connectivity index (χ2v) is 5.92. The SMILES string of the molecule is COC(CNC(=O)NCC(C)(C)CN(C)C)CC(=O)O. The molecule has 0 radical (unpaired) electrons. The fraction of sp³-hybridized carbons (Fsp3) is 0.846. The van der Waals surface area contributed by atoms with E-state index in [-0.39, 0.29) is 24.4 Å². The van der Waals surface area contributed by atoms with Gasteiger partial charge in [0.25, 0.3) is 0 Å². The normalized spacial score (nSPS) is 13.1. The quantitative estimate of drug-likeness (QED) is 0.570. The number of nitrogens with zero attached hydrogens (tertiary/aromatic N) is 1. The van der Waals surface area contributed by atoms with Crippen molar-refractivity contribution >= 4 is 12.0 Å². The average molecular weight is 289 g/mol. The number of urea groups is 1. The maximum atomic E-state index is 11.6. The van der Waals surface area contributed by atoms with Crippen molar-refractivity contribution in [1.29, 1.82) is 0 Å². The fourth-order valence-corrected chi connectivity index (χ4v) is 1.93. The van der Waals surface area contributed by atoms with Crippen LogP contribution in [-0.4, -0.2) is 69.0 Å². The molecule has 0 aliphatic heterocycles. The van der Waals surface area contributed by atoms with E-state index in [0.29, 0.717) is 6.54 Å². The molecule has 0 aliphatic carbocycles. The number of carbonyl (C=O) groups is 2. The van der Waals surface area contributed by atoms with E-state index in [1.165, 1.54) is 7.11 Å². The van der Waals surface area contributed by atoms with Crippen molar-refractivity contribution in [3.8, 4) is 0 Å². The van der Waals surface area contributed by atoms with Crippen molar-refractivity contribution in [3.05, 3.63) is 0 Å². The highest BCUT2D eigenvalue weighted by atomic mass is 16.5. The topological polar surface area (TPSA) is 90.9 Å². The molecule has 0 heterocycles. The summed E-state index contributed by atoms with van der Waals surface area (Å²) in [5, 5.41) is 14.1. The molecule has 118 valence electrons. The Morgan fingerprint density at radius 1 is 1.30 bits per heavy atom. The Balaban J connectivity index is 4.02. The lowest BCUT2D eigenvalue weighted by Gasteiger charge is -2.28. The predicted molar refractivity (Wildman–Crippen MR) is 76.8 cm³/mol. The first-order valence-electron chi connectivity index (χ1n) is 6.57. The van der Waals surface area contributed by atoms with E-state index < -0.39 is 12.1 Å². The molecule has 0 saturated carbocycles. The third-order valence-corrected chi connectivity index (χ3v) is 2.70. The molecule has 0 fully saturated rings. The number of ether oxygens (including phenoxy) is 1. The molecule has 2 amide bonds. The standard InChI is InChI=1S/C13H27N3O4/c1-13(2,9-16(3)4)8-15-12(19)14-7-10(20-5)6-11(17)18/h10H,6-9H2,1-5H3,(H,17,18)(H2,14,15,19). The zero-order chi connectivity index (χ0) is 15.8. The van der Waals surface area contributed by atoms with E-state index in [2.05, 4.69) is 29.4 Å². The summed E-state index contributed by atoms with van der Waals surface area (Å²) in [6.45, 7) is 5.69. The van der Waals surface area contributed by atoms with E-state index in [4.69, 9.17) is 9.84 Å². The Bertz CT molecular complexity index is 319. The largest absolute Gasteiger partial charge is 0.481 e. The van der Waals surface area contributed by atoms with Gasteiger partial charge in [0.15, 0.2) is 0 Å².